The van der Waals surface area contributed by atoms with Crippen LogP contribution in [0.15, 0.2) is 12.7 Å². The molecule has 3 rings (SSSR count). The molecule has 32 heteroatoms. The van der Waals surface area contributed by atoms with Gasteiger partial charge < -0.3 is 56.0 Å². The first kappa shape index (κ1) is 52.7. The monoisotopic (exact) mass is 965 g/mol. The first-order chi connectivity index (χ1) is 28.6. The second kappa shape index (κ2) is 22.3. The number of carboxylic acids is 1. The lowest BCUT2D eigenvalue weighted by Crippen LogP contribution is -2.46. The number of ether oxygens (including phenoxy) is 1. The van der Waals surface area contributed by atoms with Crippen LogP contribution in [0.4, 0.5) is 5.82 Å². The van der Waals surface area contributed by atoms with Gasteiger partial charge in [-0.2, -0.15) is 4.31 Å². The lowest BCUT2D eigenvalue weighted by atomic mass is 9.87. The minimum atomic E-state index is -5.61. The highest BCUT2D eigenvalue weighted by atomic mass is 32.2. The molecule has 0 aromatic carbocycles. The number of thioether (sulfide) groups is 1. The molecule has 11 N–H and O–H groups in total. The standard InChI is InChI=1S/C30H46N7O21P3S/c1-15(16(38)4-5-20(41)42)17(39)10-21(43)62-9-8-32-19(40)6-7-33-28(46)25(45)30(2,3)12-55-61(52,53)58-60(50,51)54-11-18-24(57-59(47,48)49)23(44)29(56-18)37-14-36-22-26(31)34-13-35-27(22)37/h13-15,18,23-25,29,44-45H,4-12H2,1-3H3,(H,32,40)(H,33,46)(H,41,42)(H,50,51)(H,52,53)(H2,31,34,35)(H2,47,48,49)/t15?,18-,23-,24-,25+,29-/m1/s1. The zero-order chi connectivity index (χ0) is 46.8. The number of imidazole rings is 1. The fourth-order valence-electron chi connectivity index (χ4n) is 5.27. The molecule has 2 aromatic rings. The van der Waals surface area contributed by atoms with Crippen LogP contribution in [-0.4, -0.2) is 145 Å². The molecule has 1 saturated heterocycles. The average molecular weight is 966 g/mol. The number of phosphoric acid groups is 3. The van der Waals surface area contributed by atoms with E-state index >= 15 is 0 Å². The van der Waals surface area contributed by atoms with E-state index in [0.29, 0.717) is 0 Å². The van der Waals surface area contributed by atoms with Gasteiger partial charge in [0.05, 0.1) is 38.3 Å². The van der Waals surface area contributed by atoms with E-state index in [0.717, 1.165) is 29.0 Å². The van der Waals surface area contributed by atoms with E-state index in [1.807, 2.05) is 0 Å². The smallest absolute Gasteiger partial charge is 0.481 e. The van der Waals surface area contributed by atoms with Crippen molar-refractivity contribution in [3.8, 4) is 0 Å². The summed E-state index contributed by atoms with van der Waals surface area (Å²) in [5.41, 5.74) is 4.15. The Morgan fingerprint density at radius 2 is 1.63 bits per heavy atom. The number of nitrogens with one attached hydrogen (secondary N) is 2. The van der Waals surface area contributed by atoms with Gasteiger partial charge in [-0.05, 0) is 6.92 Å². The molecular weight excluding hydrogens is 919 g/mol. The summed E-state index contributed by atoms with van der Waals surface area (Å²) in [6.07, 6.45) is -8.62. The summed E-state index contributed by atoms with van der Waals surface area (Å²) >= 11 is 0.720. The van der Waals surface area contributed by atoms with Gasteiger partial charge in [0, 0.05) is 37.1 Å². The molecule has 0 saturated carbocycles. The Kier molecular flexibility index (Phi) is 19.0. The van der Waals surface area contributed by atoms with Crippen molar-refractivity contribution in [1.29, 1.82) is 0 Å². The number of anilines is 1. The van der Waals surface area contributed by atoms with Crippen LogP contribution in [-0.2, 0) is 65.1 Å². The maximum Gasteiger partial charge on any atom is 0.481 e. The number of phosphoric ester groups is 3. The van der Waals surface area contributed by atoms with Crippen LogP contribution in [0.3, 0.4) is 0 Å². The average Bonchev–Trinajstić information content (AvgIpc) is 3.73. The Bertz CT molecular complexity index is 2120. The van der Waals surface area contributed by atoms with Crippen molar-refractivity contribution in [1.82, 2.24) is 30.2 Å². The van der Waals surface area contributed by atoms with Crippen LogP contribution in [0.1, 0.15) is 52.7 Å². The van der Waals surface area contributed by atoms with Gasteiger partial charge in [-0.15, -0.1) is 0 Å². The van der Waals surface area contributed by atoms with E-state index in [1.54, 1.807) is 0 Å². The van der Waals surface area contributed by atoms with Crippen LogP contribution in [0.2, 0.25) is 0 Å². The number of aliphatic hydroxyl groups excluding tert-OH is 2. The van der Waals surface area contributed by atoms with Crippen molar-refractivity contribution in [3.05, 3.63) is 12.7 Å². The number of rotatable bonds is 26. The van der Waals surface area contributed by atoms with E-state index in [2.05, 4.69) is 34.4 Å². The Labute approximate surface area is 355 Å². The number of aromatic nitrogens is 4. The molecule has 1 aliphatic heterocycles. The topological polar surface area (TPSA) is 435 Å². The summed E-state index contributed by atoms with van der Waals surface area (Å²) < 4.78 is 62.0. The quantitative estimate of drug-likeness (QED) is 0.0297. The van der Waals surface area contributed by atoms with Gasteiger partial charge in [-0.25, -0.2) is 28.6 Å². The van der Waals surface area contributed by atoms with Gasteiger partial charge in [0.25, 0.3) is 0 Å². The summed E-state index contributed by atoms with van der Waals surface area (Å²) in [5.74, 6) is -5.25. The minimum absolute atomic E-state index is 0.00910. The van der Waals surface area contributed by atoms with Gasteiger partial charge in [0.15, 0.2) is 28.6 Å². The lowest BCUT2D eigenvalue weighted by molar-refractivity contribution is -0.140. The molecule has 3 heterocycles. The van der Waals surface area contributed by atoms with Crippen LogP contribution in [0.25, 0.3) is 11.2 Å². The van der Waals surface area contributed by atoms with Crippen LogP contribution < -0.4 is 16.4 Å². The molecule has 1 fully saturated rings. The summed E-state index contributed by atoms with van der Waals surface area (Å²) in [6.45, 7) is 1.26. The molecule has 1 aliphatic rings. The van der Waals surface area contributed by atoms with Gasteiger partial charge in [0.2, 0.25) is 11.8 Å². The number of amides is 2. The molecule has 62 heavy (non-hydrogen) atoms. The van der Waals surface area contributed by atoms with Crippen molar-refractivity contribution in [2.45, 2.75) is 77.1 Å². The summed E-state index contributed by atoms with van der Waals surface area (Å²) in [7, 11) is -16.5. The second-order valence-corrected chi connectivity index (χ2v) is 19.4. The molecule has 28 nitrogen and oxygen atoms in total. The van der Waals surface area contributed by atoms with Crippen molar-refractivity contribution < 1.29 is 100.0 Å². The predicted octanol–water partition coefficient (Wildman–Crippen LogP) is -1.31. The molecule has 2 aromatic heterocycles. The molecule has 0 aliphatic carbocycles. The summed E-state index contributed by atoms with van der Waals surface area (Å²) in [4.78, 5) is 122. The maximum atomic E-state index is 12.7. The maximum absolute atomic E-state index is 12.7. The first-order valence-corrected chi connectivity index (χ1v) is 23.5. The van der Waals surface area contributed by atoms with Crippen LogP contribution >= 0.6 is 35.2 Å². The Morgan fingerprint density at radius 1 is 0.968 bits per heavy atom. The van der Waals surface area contributed by atoms with Crippen molar-refractivity contribution in [3.63, 3.8) is 0 Å². The molecule has 0 radical (unpaired) electrons. The van der Waals surface area contributed by atoms with Crippen LogP contribution in [0, 0.1) is 11.3 Å². The second-order valence-electron chi connectivity index (χ2n) is 14.0. The van der Waals surface area contributed by atoms with Gasteiger partial charge in [0.1, 0.15) is 42.0 Å². The molecule has 2 amide bonds. The predicted molar refractivity (Wildman–Crippen MR) is 208 cm³/mol. The molecule has 348 valence electrons. The number of fused-ring (bicyclic) bond motifs is 1. The zero-order valence-corrected chi connectivity index (χ0v) is 36.4. The number of ketones is 2. The molecular formula is C30H46N7O21P3S. The van der Waals surface area contributed by atoms with Crippen molar-refractivity contribution >= 4 is 86.7 Å². The van der Waals surface area contributed by atoms with E-state index in [1.165, 1.54) is 20.8 Å². The highest BCUT2D eigenvalue weighted by Gasteiger charge is 2.50. The number of carboxylic acid groups (broad SMARTS) is 1. The number of carbonyl (C=O) groups is 6. The molecule has 0 spiro atoms. The number of carbonyl (C=O) groups excluding carboxylic acids is 5. The van der Waals surface area contributed by atoms with E-state index in [-0.39, 0.29) is 48.7 Å². The fraction of sp³-hybridized carbons (Fsp3) is 0.633. The number of Topliss-reactive ketones (excluding diaryl/α,β-unsaturated/α-hetero) is 2. The van der Waals surface area contributed by atoms with Crippen molar-refractivity contribution in [2.75, 3.05) is 37.8 Å². The number of hydrogen-bond donors (Lipinski definition) is 10. The SMILES string of the molecule is CC(C(=O)CCC(=O)O)C(=O)CC(=O)SCCNC(=O)CCNC(=O)[C@H](O)C(C)(C)COP(=O)(O)OP(=O)(O)OC[C@H]1O[C@@H](n2cnc3c(N)ncnc32)[C@H](O)[C@@H]1OP(=O)(O)O. The Morgan fingerprint density at radius 3 is 2.27 bits per heavy atom. The Hall–Kier alpha value is -3.63. The van der Waals surface area contributed by atoms with Gasteiger partial charge in [-0.1, -0.05) is 25.6 Å². The number of aliphatic hydroxyl groups is 2. The van der Waals surface area contributed by atoms with E-state index in [4.69, 9.17) is 24.6 Å². The third-order valence-corrected chi connectivity index (χ3v) is 12.6. The normalized spacial score (nSPS) is 21.0. The highest BCUT2D eigenvalue weighted by molar-refractivity contribution is 8.13. The summed E-state index contributed by atoms with van der Waals surface area (Å²) in [5, 5.41) is 34.3. The third kappa shape index (κ3) is 16.2. The first-order valence-electron chi connectivity index (χ1n) is 17.9. The van der Waals surface area contributed by atoms with E-state index < -0.39 is 126 Å². The number of aliphatic carboxylic acids is 1. The number of nitrogens with two attached hydrogens (primary N) is 1. The Balaban J connectivity index is 1.43. The number of hydrogen-bond acceptors (Lipinski definition) is 21. The minimum Gasteiger partial charge on any atom is -0.481 e. The summed E-state index contributed by atoms with van der Waals surface area (Å²) in [6, 6.07) is 0. The highest BCUT2D eigenvalue weighted by Crippen LogP contribution is 2.61. The molecule has 8 atom stereocenters. The lowest BCUT2D eigenvalue weighted by Gasteiger charge is -2.30. The third-order valence-electron chi connectivity index (χ3n) is 8.63. The molecule has 3 unspecified atom stereocenters. The fourth-order valence-corrected chi connectivity index (χ4v) is 8.77. The largest absolute Gasteiger partial charge is 0.481 e. The van der Waals surface area contributed by atoms with Gasteiger partial charge in [-0.3, -0.25) is 46.9 Å². The zero-order valence-electron chi connectivity index (χ0n) is 32.9. The van der Waals surface area contributed by atoms with Gasteiger partial charge >= 0.3 is 29.4 Å². The molecule has 0 bridgehead atoms. The van der Waals surface area contributed by atoms with Crippen molar-refractivity contribution in [2.24, 2.45) is 11.3 Å². The van der Waals surface area contributed by atoms with Crippen LogP contribution in [0.5, 0.6) is 0 Å². The van der Waals surface area contributed by atoms with E-state index in [9.17, 15) is 72.2 Å². The number of nitrogen functional groups attached to an aromatic ring is 1. The number of nitrogens with zero attached hydrogens (tertiary/aromatic N) is 4.